The molecule has 0 aromatic heterocycles. The molecule has 0 saturated carbocycles. The second-order valence-corrected chi connectivity index (χ2v) is 6.95. The Hall–Kier alpha value is -2.52. The van der Waals surface area contributed by atoms with Crippen LogP contribution in [0.1, 0.15) is 24.0 Å². The number of hydrogen-bond acceptors (Lipinski definition) is 2. The van der Waals surface area contributed by atoms with Gasteiger partial charge in [0.25, 0.3) is 0 Å². The van der Waals surface area contributed by atoms with Gasteiger partial charge in [0.15, 0.2) is 0 Å². The van der Waals surface area contributed by atoms with E-state index < -0.39 is 0 Å². The van der Waals surface area contributed by atoms with Crippen molar-refractivity contribution in [3.05, 3.63) is 76.8 Å². The highest BCUT2D eigenvalue weighted by Gasteiger charge is 2.20. The molecule has 0 N–H and O–H groups in total. The Labute approximate surface area is 159 Å². The number of rotatable bonds is 5. The second-order valence-electron chi connectivity index (χ2n) is 6.52. The van der Waals surface area contributed by atoms with Gasteiger partial charge in [-0.2, -0.15) is 0 Å². The first-order valence-corrected chi connectivity index (χ1v) is 8.93. The predicted octanol–water partition coefficient (Wildman–Crippen LogP) is 5.26. The van der Waals surface area contributed by atoms with E-state index in [1.807, 2.05) is 68.6 Å². The number of benzene rings is 3. The molecule has 3 rings (SSSR count). The van der Waals surface area contributed by atoms with Gasteiger partial charge >= 0.3 is 0 Å². The molecule has 0 aliphatic carbocycles. The molecule has 26 heavy (non-hydrogen) atoms. The standard InChI is InChI=1S/C22H22ClNO2/c1-15(22(25)24(2)14-16-5-4-6-20(23)11-16)17-7-8-19-13-21(26-3)10-9-18(19)12-17/h4-13,15H,14H2,1-3H3/t15-/m1/s1. The fraction of sp³-hybridized carbons (Fsp3) is 0.227. The summed E-state index contributed by atoms with van der Waals surface area (Å²) in [7, 11) is 3.48. The van der Waals surface area contributed by atoms with Crippen molar-refractivity contribution in [2.24, 2.45) is 0 Å². The zero-order valence-electron chi connectivity index (χ0n) is 15.2. The fourth-order valence-electron chi connectivity index (χ4n) is 3.10. The van der Waals surface area contributed by atoms with Gasteiger partial charge in [-0.05, 0) is 53.1 Å². The zero-order valence-corrected chi connectivity index (χ0v) is 16.0. The minimum atomic E-state index is -0.217. The van der Waals surface area contributed by atoms with Crippen LogP contribution in [0.4, 0.5) is 0 Å². The van der Waals surface area contributed by atoms with E-state index >= 15 is 0 Å². The van der Waals surface area contributed by atoms with E-state index in [4.69, 9.17) is 16.3 Å². The van der Waals surface area contributed by atoms with Crippen molar-refractivity contribution in [2.75, 3.05) is 14.2 Å². The molecule has 0 unspecified atom stereocenters. The highest BCUT2D eigenvalue weighted by Crippen LogP contribution is 2.26. The van der Waals surface area contributed by atoms with Crippen LogP contribution in [0.2, 0.25) is 5.02 Å². The summed E-state index contributed by atoms with van der Waals surface area (Å²) in [5.74, 6) is 0.694. The van der Waals surface area contributed by atoms with E-state index in [1.165, 1.54) is 0 Å². The van der Waals surface area contributed by atoms with Crippen LogP contribution < -0.4 is 4.74 Å². The Balaban J connectivity index is 1.77. The summed E-state index contributed by atoms with van der Waals surface area (Å²) in [6.07, 6.45) is 0. The summed E-state index contributed by atoms with van der Waals surface area (Å²) >= 11 is 6.03. The molecule has 0 radical (unpaired) electrons. The number of likely N-dealkylation sites (N-methyl/N-ethyl adjacent to an activating group) is 1. The highest BCUT2D eigenvalue weighted by molar-refractivity contribution is 6.30. The smallest absolute Gasteiger partial charge is 0.229 e. The van der Waals surface area contributed by atoms with Gasteiger partial charge in [0.05, 0.1) is 13.0 Å². The van der Waals surface area contributed by atoms with Crippen LogP contribution in [0.15, 0.2) is 60.7 Å². The molecule has 4 heteroatoms. The van der Waals surface area contributed by atoms with E-state index in [2.05, 4.69) is 6.07 Å². The summed E-state index contributed by atoms with van der Waals surface area (Å²) in [5.41, 5.74) is 2.02. The molecule has 1 atom stereocenters. The van der Waals surface area contributed by atoms with Crippen molar-refractivity contribution in [1.82, 2.24) is 4.90 Å². The van der Waals surface area contributed by atoms with Crippen molar-refractivity contribution >= 4 is 28.3 Å². The maximum Gasteiger partial charge on any atom is 0.229 e. The first kappa shape index (κ1) is 18.3. The van der Waals surface area contributed by atoms with Crippen LogP contribution in [0.25, 0.3) is 10.8 Å². The van der Waals surface area contributed by atoms with Crippen molar-refractivity contribution in [2.45, 2.75) is 19.4 Å². The number of amides is 1. The Morgan fingerprint density at radius 2 is 1.81 bits per heavy atom. The summed E-state index contributed by atoms with van der Waals surface area (Å²) in [5, 5.41) is 2.88. The average Bonchev–Trinajstić information content (AvgIpc) is 2.65. The molecule has 1 amide bonds. The van der Waals surface area contributed by atoms with Gasteiger partial charge in [-0.25, -0.2) is 0 Å². The molecule has 0 bridgehead atoms. The number of fused-ring (bicyclic) bond motifs is 1. The molecule has 0 fully saturated rings. The number of halogens is 1. The van der Waals surface area contributed by atoms with Crippen LogP contribution >= 0.6 is 11.6 Å². The number of carbonyl (C=O) groups is 1. The Morgan fingerprint density at radius 1 is 1.08 bits per heavy atom. The molecule has 0 heterocycles. The number of carbonyl (C=O) groups excluding carboxylic acids is 1. The molecule has 3 aromatic rings. The van der Waals surface area contributed by atoms with E-state index in [-0.39, 0.29) is 11.8 Å². The van der Waals surface area contributed by atoms with E-state index in [0.717, 1.165) is 27.6 Å². The van der Waals surface area contributed by atoms with E-state index in [9.17, 15) is 4.79 Å². The number of methoxy groups -OCH3 is 1. The average molecular weight is 368 g/mol. The summed E-state index contributed by atoms with van der Waals surface area (Å²) in [6, 6.07) is 19.7. The van der Waals surface area contributed by atoms with Crippen molar-refractivity contribution < 1.29 is 9.53 Å². The molecule has 0 saturated heterocycles. The first-order chi connectivity index (χ1) is 12.5. The van der Waals surface area contributed by atoms with Crippen molar-refractivity contribution in [3.63, 3.8) is 0 Å². The summed E-state index contributed by atoms with van der Waals surface area (Å²) in [6.45, 7) is 2.48. The second kappa shape index (κ2) is 7.79. The zero-order chi connectivity index (χ0) is 18.7. The third-order valence-corrected chi connectivity index (χ3v) is 4.86. The lowest BCUT2D eigenvalue weighted by Crippen LogP contribution is -2.30. The van der Waals surface area contributed by atoms with Gasteiger partial charge in [-0.15, -0.1) is 0 Å². The van der Waals surface area contributed by atoms with Crippen LogP contribution in [0.3, 0.4) is 0 Å². The lowest BCUT2D eigenvalue weighted by atomic mass is 9.96. The molecule has 0 aliphatic rings. The maximum absolute atomic E-state index is 12.8. The molecule has 3 aromatic carbocycles. The molecule has 3 nitrogen and oxygen atoms in total. The largest absolute Gasteiger partial charge is 0.497 e. The lowest BCUT2D eigenvalue weighted by molar-refractivity contribution is -0.131. The van der Waals surface area contributed by atoms with Gasteiger partial charge in [-0.1, -0.05) is 48.0 Å². The molecular weight excluding hydrogens is 346 g/mol. The molecular formula is C22H22ClNO2. The van der Waals surface area contributed by atoms with Gasteiger partial charge in [0.2, 0.25) is 5.91 Å². The molecule has 0 spiro atoms. The topological polar surface area (TPSA) is 29.5 Å². The van der Waals surface area contributed by atoms with Crippen LogP contribution in [0.5, 0.6) is 5.75 Å². The monoisotopic (exact) mass is 367 g/mol. The lowest BCUT2D eigenvalue weighted by Gasteiger charge is -2.22. The fourth-order valence-corrected chi connectivity index (χ4v) is 3.31. The predicted molar refractivity (Wildman–Crippen MR) is 107 cm³/mol. The van der Waals surface area contributed by atoms with Crippen LogP contribution in [0, 0.1) is 0 Å². The molecule has 134 valence electrons. The third-order valence-electron chi connectivity index (χ3n) is 4.63. The highest BCUT2D eigenvalue weighted by atomic mass is 35.5. The Bertz CT molecular complexity index is 938. The Morgan fingerprint density at radius 3 is 2.54 bits per heavy atom. The number of hydrogen-bond donors (Lipinski definition) is 0. The van der Waals surface area contributed by atoms with Gasteiger partial charge in [0, 0.05) is 18.6 Å². The summed E-state index contributed by atoms with van der Waals surface area (Å²) in [4.78, 5) is 14.6. The molecule has 0 aliphatic heterocycles. The van der Waals surface area contributed by atoms with Crippen LogP contribution in [-0.2, 0) is 11.3 Å². The van der Waals surface area contributed by atoms with E-state index in [0.29, 0.717) is 11.6 Å². The minimum absolute atomic E-state index is 0.0813. The maximum atomic E-state index is 12.8. The normalized spacial score (nSPS) is 12.0. The van der Waals surface area contributed by atoms with Crippen molar-refractivity contribution in [3.8, 4) is 5.75 Å². The summed E-state index contributed by atoms with van der Waals surface area (Å²) < 4.78 is 5.26. The first-order valence-electron chi connectivity index (χ1n) is 8.55. The minimum Gasteiger partial charge on any atom is -0.497 e. The Kier molecular flexibility index (Phi) is 5.48. The quantitative estimate of drug-likeness (QED) is 0.615. The number of nitrogens with zero attached hydrogens (tertiary/aromatic N) is 1. The third kappa shape index (κ3) is 4.00. The van der Waals surface area contributed by atoms with Crippen molar-refractivity contribution in [1.29, 1.82) is 0 Å². The van der Waals surface area contributed by atoms with Gasteiger partial charge in [-0.3, -0.25) is 4.79 Å². The SMILES string of the molecule is COc1ccc2cc([C@@H](C)C(=O)N(C)Cc3cccc(Cl)c3)ccc2c1. The van der Waals surface area contributed by atoms with Crippen LogP contribution in [-0.4, -0.2) is 25.0 Å². The van der Waals surface area contributed by atoms with Gasteiger partial charge < -0.3 is 9.64 Å². The van der Waals surface area contributed by atoms with Gasteiger partial charge in [0.1, 0.15) is 5.75 Å². The van der Waals surface area contributed by atoms with E-state index in [1.54, 1.807) is 12.0 Å². The number of ether oxygens (including phenoxy) is 1.